The standard InChI is InChI=1S/C34H32N4O5S2/c1-41-25-15-13-24(14-16-25)38-33(40)31-26-10-6-7-11-29(26)45-32(31)36-34(38)44-21-30(39)37-35-19-23-12-17-27(28(18-23)42-2)43-20-22-8-4-3-5-9-22/h3-5,8-9,12-19H,6-7,10-11,20-21H2,1-2H3,(H,37,39). The summed E-state index contributed by atoms with van der Waals surface area (Å²) in [5, 5.41) is 5.27. The van der Waals surface area contributed by atoms with E-state index in [0.717, 1.165) is 47.2 Å². The average molecular weight is 641 g/mol. The van der Waals surface area contributed by atoms with Gasteiger partial charge in [0.1, 0.15) is 17.2 Å². The van der Waals surface area contributed by atoms with Crippen molar-refractivity contribution in [2.75, 3.05) is 20.0 Å². The summed E-state index contributed by atoms with van der Waals surface area (Å²) in [6.07, 6.45) is 5.58. The van der Waals surface area contributed by atoms with E-state index >= 15 is 0 Å². The number of fused-ring (bicyclic) bond motifs is 3. The Morgan fingerprint density at radius 1 is 1.02 bits per heavy atom. The van der Waals surface area contributed by atoms with Crippen molar-refractivity contribution in [3.8, 4) is 22.9 Å². The van der Waals surface area contributed by atoms with Crippen LogP contribution in [0.1, 0.15) is 34.4 Å². The highest BCUT2D eigenvalue weighted by Gasteiger charge is 2.23. The molecular weight excluding hydrogens is 609 g/mol. The van der Waals surface area contributed by atoms with Crippen LogP contribution in [-0.2, 0) is 24.2 Å². The lowest BCUT2D eigenvalue weighted by Gasteiger charge is -2.14. The zero-order valence-corrected chi connectivity index (χ0v) is 26.6. The number of methoxy groups -OCH3 is 2. The monoisotopic (exact) mass is 640 g/mol. The number of hydrogen-bond donors (Lipinski definition) is 1. The summed E-state index contributed by atoms with van der Waals surface area (Å²) in [6.45, 7) is 0.418. The van der Waals surface area contributed by atoms with Crippen LogP contribution in [0.4, 0.5) is 0 Å². The number of benzene rings is 3. The number of ether oxygens (including phenoxy) is 3. The Morgan fingerprint density at radius 3 is 2.60 bits per heavy atom. The molecule has 0 spiro atoms. The molecule has 45 heavy (non-hydrogen) atoms. The van der Waals surface area contributed by atoms with Crippen LogP contribution in [-0.4, -0.2) is 41.6 Å². The van der Waals surface area contributed by atoms with Crippen LogP contribution in [0.25, 0.3) is 15.9 Å². The molecule has 1 amide bonds. The van der Waals surface area contributed by atoms with Gasteiger partial charge in [0.25, 0.3) is 11.5 Å². The third kappa shape index (κ3) is 6.89. The number of carbonyl (C=O) groups excluding carboxylic acids is 1. The maximum atomic E-state index is 13.9. The van der Waals surface area contributed by atoms with E-state index in [1.807, 2.05) is 66.7 Å². The van der Waals surface area contributed by atoms with E-state index in [-0.39, 0.29) is 17.2 Å². The van der Waals surface area contributed by atoms with Gasteiger partial charge in [-0.2, -0.15) is 5.10 Å². The van der Waals surface area contributed by atoms with Crippen molar-refractivity contribution < 1.29 is 19.0 Å². The van der Waals surface area contributed by atoms with Gasteiger partial charge >= 0.3 is 0 Å². The highest BCUT2D eigenvalue weighted by Crippen LogP contribution is 2.35. The number of hydrazone groups is 1. The van der Waals surface area contributed by atoms with Gasteiger partial charge in [0, 0.05) is 4.88 Å². The molecule has 0 atom stereocenters. The van der Waals surface area contributed by atoms with Gasteiger partial charge in [0.2, 0.25) is 0 Å². The summed E-state index contributed by atoms with van der Waals surface area (Å²) in [5.41, 5.74) is 6.03. The number of nitrogens with zero attached hydrogens (tertiary/aromatic N) is 3. The Balaban J connectivity index is 1.16. The molecule has 0 aliphatic heterocycles. The predicted octanol–water partition coefficient (Wildman–Crippen LogP) is 6.16. The molecule has 0 radical (unpaired) electrons. The molecule has 0 unspecified atom stereocenters. The molecular formula is C34H32N4O5S2. The lowest BCUT2D eigenvalue weighted by atomic mass is 9.97. The normalized spacial score (nSPS) is 12.7. The lowest BCUT2D eigenvalue weighted by Crippen LogP contribution is -2.24. The minimum absolute atomic E-state index is 0.0200. The van der Waals surface area contributed by atoms with Gasteiger partial charge in [-0.05, 0) is 84.8 Å². The first-order valence-electron chi connectivity index (χ1n) is 14.5. The fourth-order valence-electron chi connectivity index (χ4n) is 5.20. The summed E-state index contributed by atoms with van der Waals surface area (Å²) in [7, 11) is 3.18. The zero-order valence-electron chi connectivity index (χ0n) is 24.9. The number of thiophene rings is 1. The molecule has 0 bridgehead atoms. The molecule has 1 aliphatic carbocycles. The van der Waals surface area contributed by atoms with Crippen molar-refractivity contribution in [3.05, 3.63) is 105 Å². The topological polar surface area (TPSA) is 104 Å². The van der Waals surface area contributed by atoms with Crippen molar-refractivity contribution in [2.45, 2.75) is 37.4 Å². The number of thioether (sulfide) groups is 1. The van der Waals surface area contributed by atoms with Gasteiger partial charge in [-0.25, -0.2) is 10.4 Å². The highest BCUT2D eigenvalue weighted by molar-refractivity contribution is 7.99. The first-order valence-corrected chi connectivity index (χ1v) is 16.4. The molecule has 230 valence electrons. The van der Waals surface area contributed by atoms with Crippen LogP contribution < -0.4 is 25.2 Å². The molecule has 3 aromatic carbocycles. The summed E-state index contributed by atoms with van der Waals surface area (Å²) >= 11 is 2.79. The van der Waals surface area contributed by atoms with Crippen molar-refractivity contribution in [1.29, 1.82) is 0 Å². The highest BCUT2D eigenvalue weighted by atomic mass is 32.2. The fraction of sp³-hybridized carbons (Fsp3) is 0.235. The predicted molar refractivity (Wildman–Crippen MR) is 179 cm³/mol. The first-order chi connectivity index (χ1) is 22.0. The van der Waals surface area contributed by atoms with E-state index in [2.05, 4.69) is 10.5 Å². The summed E-state index contributed by atoms with van der Waals surface area (Å²) in [5.74, 6) is 1.55. The molecule has 11 heteroatoms. The number of nitrogens with one attached hydrogen (secondary N) is 1. The van der Waals surface area contributed by atoms with E-state index in [0.29, 0.717) is 40.1 Å². The maximum absolute atomic E-state index is 13.9. The van der Waals surface area contributed by atoms with Gasteiger partial charge in [-0.1, -0.05) is 42.1 Å². The van der Waals surface area contributed by atoms with E-state index in [1.165, 1.54) is 16.6 Å². The zero-order chi connectivity index (χ0) is 31.2. The number of amides is 1. The molecule has 9 nitrogen and oxygen atoms in total. The third-order valence-electron chi connectivity index (χ3n) is 7.45. The number of rotatable bonds is 11. The molecule has 6 rings (SSSR count). The Bertz CT molecular complexity index is 1900. The second-order valence-electron chi connectivity index (χ2n) is 10.4. The number of aromatic nitrogens is 2. The molecule has 2 heterocycles. The van der Waals surface area contributed by atoms with Crippen LogP contribution in [0.15, 0.2) is 87.8 Å². The second kappa shape index (κ2) is 14.0. The summed E-state index contributed by atoms with van der Waals surface area (Å²) in [6, 6.07) is 22.6. The SMILES string of the molecule is COc1ccc(-n2c(SCC(=O)NN=Cc3ccc(OCc4ccccc4)c(OC)c3)nc3sc4c(c3c2=O)CCCC4)cc1. The minimum atomic E-state index is -0.327. The Labute approximate surface area is 268 Å². The van der Waals surface area contributed by atoms with Gasteiger partial charge in [0.05, 0.1) is 37.3 Å². The second-order valence-corrected chi connectivity index (χ2v) is 12.4. The first kappa shape index (κ1) is 30.4. The van der Waals surface area contributed by atoms with E-state index in [4.69, 9.17) is 19.2 Å². The van der Waals surface area contributed by atoms with E-state index in [9.17, 15) is 9.59 Å². The van der Waals surface area contributed by atoms with Crippen molar-refractivity contribution >= 4 is 45.4 Å². The Hall–Kier alpha value is -4.61. The molecule has 2 aromatic heterocycles. The number of aryl methyl sites for hydroxylation is 2. The largest absolute Gasteiger partial charge is 0.497 e. The van der Waals surface area contributed by atoms with Crippen molar-refractivity contribution in [3.63, 3.8) is 0 Å². The van der Waals surface area contributed by atoms with E-state index in [1.54, 1.807) is 42.4 Å². The van der Waals surface area contributed by atoms with Crippen LogP contribution in [0.3, 0.4) is 0 Å². The molecule has 5 aromatic rings. The summed E-state index contributed by atoms with van der Waals surface area (Å²) in [4.78, 5) is 33.6. The van der Waals surface area contributed by atoms with E-state index < -0.39 is 0 Å². The van der Waals surface area contributed by atoms with Gasteiger partial charge in [-0.15, -0.1) is 11.3 Å². The molecule has 0 saturated heterocycles. The van der Waals surface area contributed by atoms with Gasteiger partial charge in [-0.3, -0.25) is 14.2 Å². The smallest absolute Gasteiger partial charge is 0.267 e. The molecule has 1 N–H and O–H groups in total. The van der Waals surface area contributed by atoms with Gasteiger partial charge < -0.3 is 14.2 Å². The molecule has 0 fully saturated rings. The number of carbonyl (C=O) groups is 1. The number of hydrogen-bond acceptors (Lipinski definition) is 9. The lowest BCUT2D eigenvalue weighted by molar-refractivity contribution is -0.118. The van der Waals surface area contributed by atoms with Crippen LogP contribution in [0, 0.1) is 0 Å². The quantitative estimate of drug-likeness (QED) is 0.0798. The van der Waals surface area contributed by atoms with Crippen molar-refractivity contribution in [1.82, 2.24) is 15.0 Å². The van der Waals surface area contributed by atoms with Gasteiger partial charge in [0.15, 0.2) is 16.7 Å². The summed E-state index contributed by atoms with van der Waals surface area (Å²) < 4.78 is 18.3. The minimum Gasteiger partial charge on any atom is -0.497 e. The van der Waals surface area contributed by atoms with Crippen LogP contribution in [0.2, 0.25) is 0 Å². The fourth-order valence-corrected chi connectivity index (χ4v) is 7.31. The van der Waals surface area contributed by atoms with Crippen molar-refractivity contribution in [2.24, 2.45) is 5.10 Å². The average Bonchev–Trinajstić information content (AvgIpc) is 3.46. The van der Waals surface area contributed by atoms with Crippen LogP contribution in [0.5, 0.6) is 17.2 Å². The maximum Gasteiger partial charge on any atom is 0.267 e. The van der Waals surface area contributed by atoms with Crippen LogP contribution >= 0.6 is 23.1 Å². The third-order valence-corrected chi connectivity index (χ3v) is 9.57. The molecule has 1 aliphatic rings. The Kier molecular flexibility index (Phi) is 9.46. The molecule has 0 saturated carbocycles. The Morgan fingerprint density at radius 2 is 1.82 bits per heavy atom.